The van der Waals surface area contributed by atoms with Crippen molar-refractivity contribution in [2.45, 2.75) is 19.1 Å². The second-order valence-corrected chi connectivity index (χ2v) is 5.38. The van der Waals surface area contributed by atoms with E-state index in [1.165, 1.54) is 7.11 Å². The van der Waals surface area contributed by atoms with Crippen molar-refractivity contribution in [3.8, 4) is 5.75 Å². The number of fused-ring (bicyclic) bond motifs is 1. The van der Waals surface area contributed by atoms with Gasteiger partial charge in [-0.05, 0) is 18.4 Å². The van der Waals surface area contributed by atoms with Gasteiger partial charge < -0.3 is 14.2 Å². The summed E-state index contributed by atoms with van der Waals surface area (Å²) in [4.78, 5) is 23.4. The van der Waals surface area contributed by atoms with Gasteiger partial charge in [0.1, 0.15) is 11.9 Å². The van der Waals surface area contributed by atoms with Crippen LogP contribution >= 0.6 is 0 Å². The molecule has 0 aliphatic carbocycles. The number of benzene rings is 2. The summed E-state index contributed by atoms with van der Waals surface area (Å²) in [6, 6.07) is 13.2. The molecule has 130 valence electrons. The van der Waals surface area contributed by atoms with Gasteiger partial charge in [-0.25, -0.2) is 9.59 Å². The molecule has 0 spiro atoms. The molecule has 0 amide bonds. The van der Waals surface area contributed by atoms with Gasteiger partial charge in [0, 0.05) is 11.5 Å². The first kappa shape index (κ1) is 18.3. The fourth-order valence-electron chi connectivity index (χ4n) is 2.43. The van der Waals surface area contributed by atoms with Gasteiger partial charge >= 0.3 is 11.9 Å². The van der Waals surface area contributed by atoms with Crippen LogP contribution in [0, 0.1) is 0 Å². The molecule has 0 aliphatic heterocycles. The predicted octanol–water partition coefficient (Wildman–Crippen LogP) is 3.43. The maximum Gasteiger partial charge on any atom is 0.337 e. The Balaban J connectivity index is 2.37. The van der Waals surface area contributed by atoms with E-state index in [2.05, 4.69) is 13.2 Å². The van der Waals surface area contributed by atoms with E-state index in [-0.39, 0.29) is 5.57 Å². The predicted molar refractivity (Wildman–Crippen MR) is 95.3 cm³/mol. The Kier molecular flexibility index (Phi) is 5.95. The summed E-state index contributed by atoms with van der Waals surface area (Å²) in [5.41, 5.74) is 0.0554. The molecule has 0 saturated carbocycles. The summed E-state index contributed by atoms with van der Waals surface area (Å²) in [7, 11) is 1.25. The number of ether oxygens (including phenoxy) is 3. The first-order valence-corrected chi connectivity index (χ1v) is 7.72. The summed E-state index contributed by atoms with van der Waals surface area (Å²) in [6.45, 7) is 8.72. The van der Waals surface area contributed by atoms with Crippen LogP contribution in [0.2, 0.25) is 0 Å². The van der Waals surface area contributed by atoms with Gasteiger partial charge in [-0.2, -0.15) is 0 Å². The van der Waals surface area contributed by atoms with Gasteiger partial charge in [0.05, 0.1) is 12.7 Å². The lowest BCUT2D eigenvalue weighted by atomic mass is 10.1. The molecule has 2 aromatic carbocycles. The zero-order valence-electron chi connectivity index (χ0n) is 14.2. The van der Waals surface area contributed by atoms with Crippen molar-refractivity contribution in [3.05, 3.63) is 67.3 Å². The van der Waals surface area contributed by atoms with Crippen LogP contribution in [0.25, 0.3) is 10.8 Å². The monoisotopic (exact) mass is 340 g/mol. The van der Waals surface area contributed by atoms with Gasteiger partial charge in [0.25, 0.3) is 0 Å². The molecule has 2 aromatic rings. The third kappa shape index (κ3) is 4.26. The first-order chi connectivity index (χ1) is 12.0. The number of esters is 2. The average Bonchev–Trinajstić information content (AvgIpc) is 2.64. The third-order valence-corrected chi connectivity index (χ3v) is 3.69. The van der Waals surface area contributed by atoms with E-state index in [0.29, 0.717) is 5.75 Å². The van der Waals surface area contributed by atoms with E-state index in [4.69, 9.17) is 14.2 Å². The number of methoxy groups -OCH3 is 1. The molecule has 2 unspecified atom stereocenters. The highest BCUT2D eigenvalue weighted by Gasteiger charge is 2.30. The lowest BCUT2D eigenvalue weighted by molar-refractivity contribution is -0.148. The molecule has 5 nitrogen and oxygen atoms in total. The Morgan fingerprint density at radius 3 is 2.48 bits per heavy atom. The molecule has 25 heavy (non-hydrogen) atoms. The average molecular weight is 340 g/mol. The topological polar surface area (TPSA) is 61.8 Å². The van der Waals surface area contributed by atoms with E-state index in [1.807, 2.05) is 36.4 Å². The lowest BCUT2D eigenvalue weighted by Crippen LogP contribution is -2.37. The molecule has 0 aliphatic rings. The highest BCUT2D eigenvalue weighted by atomic mass is 16.6. The van der Waals surface area contributed by atoms with E-state index in [1.54, 1.807) is 13.0 Å². The molecular weight excluding hydrogens is 320 g/mol. The van der Waals surface area contributed by atoms with Crippen molar-refractivity contribution in [2.75, 3.05) is 7.11 Å². The molecule has 5 heteroatoms. The normalized spacial score (nSPS) is 12.7. The van der Waals surface area contributed by atoms with Crippen LogP contribution in [0.4, 0.5) is 0 Å². The standard InChI is InChI=1S/C20H20O5/c1-5-18(21)24-14(3)19(13(2)20(22)23-4)25-17-12-8-10-15-9-6-7-11-16(15)17/h5-12,14,19H,1-2H2,3-4H3. The Labute approximate surface area is 146 Å². The minimum absolute atomic E-state index is 0.0554. The van der Waals surface area contributed by atoms with Crippen LogP contribution in [0.5, 0.6) is 5.75 Å². The summed E-state index contributed by atoms with van der Waals surface area (Å²) in [6.07, 6.45) is -0.620. The quantitative estimate of drug-likeness (QED) is 0.571. The van der Waals surface area contributed by atoms with Crippen LogP contribution in [0.3, 0.4) is 0 Å². The van der Waals surface area contributed by atoms with E-state index in [9.17, 15) is 9.59 Å². The molecule has 0 radical (unpaired) electrons. The maximum absolute atomic E-state index is 11.9. The summed E-state index contributed by atoms with van der Waals surface area (Å²) >= 11 is 0. The van der Waals surface area contributed by atoms with Crippen molar-refractivity contribution < 1.29 is 23.8 Å². The van der Waals surface area contributed by atoms with Gasteiger partial charge in [-0.3, -0.25) is 0 Å². The van der Waals surface area contributed by atoms with E-state index >= 15 is 0 Å². The zero-order valence-corrected chi connectivity index (χ0v) is 14.2. The fraction of sp³-hybridized carbons (Fsp3) is 0.200. The second kappa shape index (κ2) is 8.15. The van der Waals surface area contributed by atoms with Crippen LogP contribution in [0.15, 0.2) is 67.3 Å². The summed E-state index contributed by atoms with van der Waals surface area (Å²) < 4.78 is 15.9. The fourth-order valence-corrected chi connectivity index (χ4v) is 2.43. The summed E-state index contributed by atoms with van der Waals surface area (Å²) in [5.74, 6) is -0.696. The Morgan fingerprint density at radius 2 is 1.80 bits per heavy atom. The highest BCUT2D eigenvalue weighted by Crippen LogP contribution is 2.28. The van der Waals surface area contributed by atoms with Crippen LogP contribution in [-0.2, 0) is 19.1 Å². The minimum atomic E-state index is -0.901. The van der Waals surface area contributed by atoms with E-state index in [0.717, 1.165) is 16.8 Å². The molecule has 0 bridgehead atoms. The number of hydrogen-bond donors (Lipinski definition) is 0. The van der Waals surface area contributed by atoms with Gasteiger partial charge in [0.2, 0.25) is 0 Å². The molecule has 0 heterocycles. The number of rotatable bonds is 7. The molecule has 0 aromatic heterocycles. The van der Waals surface area contributed by atoms with Gasteiger partial charge in [-0.1, -0.05) is 49.6 Å². The van der Waals surface area contributed by atoms with Crippen molar-refractivity contribution in [3.63, 3.8) is 0 Å². The van der Waals surface area contributed by atoms with Crippen LogP contribution < -0.4 is 4.74 Å². The Bertz CT molecular complexity index is 803. The van der Waals surface area contributed by atoms with E-state index < -0.39 is 24.1 Å². The van der Waals surface area contributed by atoms with Crippen molar-refractivity contribution >= 4 is 22.7 Å². The second-order valence-electron chi connectivity index (χ2n) is 5.38. The van der Waals surface area contributed by atoms with Crippen LogP contribution in [-0.4, -0.2) is 31.3 Å². The zero-order chi connectivity index (χ0) is 18.4. The largest absolute Gasteiger partial charge is 0.481 e. The number of carbonyl (C=O) groups is 2. The first-order valence-electron chi connectivity index (χ1n) is 7.72. The van der Waals surface area contributed by atoms with Crippen molar-refractivity contribution in [2.24, 2.45) is 0 Å². The van der Waals surface area contributed by atoms with Gasteiger partial charge in [0.15, 0.2) is 6.10 Å². The minimum Gasteiger partial charge on any atom is -0.481 e. The smallest absolute Gasteiger partial charge is 0.337 e. The molecular formula is C20H20O5. The van der Waals surface area contributed by atoms with Crippen molar-refractivity contribution in [1.82, 2.24) is 0 Å². The molecule has 2 atom stereocenters. The molecule has 2 rings (SSSR count). The molecule has 0 N–H and O–H groups in total. The number of carbonyl (C=O) groups excluding carboxylic acids is 2. The highest BCUT2D eigenvalue weighted by molar-refractivity contribution is 5.90. The lowest BCUT2D eigenvalue weighted by Gasteiger charge is -2.26. The molecule has 0 saturated heterocycles. The Morgan fingerprint density at radius 1 is 1.12 bits per heavy atom. The SMILES string of the molecule is C=CC(=O)OC(C)C(Oc1cccc2ccccc12)C(=C)C(=O)OC. The summed E-state index contributed by atoms with van der Waals surface area (Å²) in [5, 5.41) is 1.85. The Hall–Kier alpha value is -3.08. The number of hydrogen-bond acceptors (Lipinski definition) is 5. The maximum atomic E-state index is 11.9. The van der Waals surface area contributed by atoms with Crippen LogP contribution in [0.1, 0.15) is 6.92 Å². The molecule has 0 fully saturated rings. The van der Waals surface area contributed by atoms with Crippen molar-refractivity contribution in [1.29, 1.82) is 0 Å². The third-order valence-electron chi connectivity index (χ3n) is 3.69. The van der Waals surface area contributed by atoms with Gasteiger partial charge in [-0.15, -0.1) is 0 Å².